The van der Waals surface area contributed by atoms with Gasteiger partial charge in [0.05, 0.1) is 26.4 Å². The van der Waals surface area contributed by atoms with Crippen molar-refractivity contribution in [2.24, 2.45) is 0 Å². The highest BCUT2D eigenvalue weighted by Crippen LogP contribution is 2.22. The maximum Gasteiger partial charge on any atom is 0.252 e. The van der Waals surface area contributed by atoms with Gasteiger partial charge in [0.2, 0.25) is 0 Å². The zero-order chi connectivity index (χ0) is 16.5. The number of hydrogen-bond donors (Lipinski definition) is 5. The third kappa shape index (κ3) is 5.29. The second-order valence-corrected chi connectivity index (χ2v) is 4.65. The fourth-order valence-electron chi connectivity index (χ4n) is 1.88. The third-order valence-corrected chi connectivity index (χ3v) is 2.99. The summed E-state index contributed by atoms with van der Waals surface area (Å²) < 4.78 is 15.3. The number of aliphatic hydroxyl groups is 4. The summed E-state index contributed by atoms with van der Waals surface area (Å²) in [6.45, 7) is 3.84. The summed E-state index contributed by atoms with van der Waals surface area (Å²) >= 11 is 0. The van der Waals surface area contributed by atoms with E-state index in [1.165, 1.54) is 6.08 Å². The van der Waals surface area contributed by atoms with Crippen LogP contribution in [-0.4, -0.2) is 90.0 Å². The van der Waals surface area contributed by atoms with Crippen molar-refractivity contribution in [3.05, 3.63) is 12.7 Å². The van der Waals surface area contributed by atoms with Crippen LogP contribution in [0.1, 0.15) is 0 Å². The summed E-state index contributed by atoms with van der Waals surface area (Å²) in [4.78, 5) is 11.9. The van der Waals surface area contributed by atoms with E-state index in [0.29, 0.717) is 0 Å². The van der Waals surface area contributed by atoms with Crippen LogP contribution >= 0.6 is 0 Å². The number of hydrogen-bond acceptors (Lipinski definition) is 8. The lowest BCUT2D eigenvalue weighted by atomic mass is 9.98. The molecular weight excluding hydrogens is 298 g/mol. The van der Waals surface area contributed by atoms with Crippen molar-refractivity contribution in [1.82, 2.24) is 5.32 Å². The Bertz CT molecular complexity index is 353. The normalized spacial score (nSPS) is 31.7. The van der Waals surface area contributed by atoms with Gasteiger partial charge in [0.25, 0.3) is 5.91 Å². The molecule has 1 amide bonds. The van der Waals surface area contributed by atoms with Crippen molar-refractivity contribution in [2.45, 2.75) is 30.7 Å². The van der Waals surface area contributed by atoms with Crippen molar-refractivity contribution in [3.8, 4) is 0 Å². The molecule has 1 fully saturated rings. The Kier molecular flexibility index (Phi) is 8.49. The van der Waals surface area contributed by atoms with Crippen molar-refractivity contribution in [2.75, 3.05) is 33.0 Å². The predicted molar refractivity (Wildman–Crippen MR) is 73.7 cm³/mol. The summed E-state index contributed by atoms with van der Waals surface area (Å²) in [5.41, 5.74) is 0. The van der Waals surface area contributed by atoms with Crippen LogP contribution in [0.5, 0.6) is 0 Å². The van der Waals surface area contributed by atoms with E-state index in [0.717, 1.165) is 0 Å². The fourth-order valence-corrected chi connectivity index (χ4v) is 1.88. The second-order valence-electron chi connectivity index (χ2n) is 4.65. The van der Waals surface area contributed by atoms with E-state index < -0.39 is 36.6 Å². The van der Waals surface area contributed by atoms with E-state index in [9.17, 15) is 20.1 Å². The molecule has 9 heteroatoms. The molecule has 0 saturated carbocycles. The molecule has 0 spiro atoms. The van der Waals surface area contributed by atoms with E-state index in [1.54, 1.807) is 0 Å². The van der Waals surface area contributed by atoms with Gasteiger partial charge in [-0.15, -0.1) is 6.58 Å². The summed E-state index contributed by atoms with van der Waals surface area (Å²) in [6.07, 6.45) is -5.86. The molecule has 1 heterocycles. The standard InChI is InChI=1S/C13H23NO8/c1-2-5-21-13-10(18)8(16)9(17)11(22-13)12(19)14-3-6-20-7-4-15/h2,8-11,13,15-18H,1,3-7H2,(H,14,19)/t8-,9-,10+,11-,13+/m0/s1. The maximum absolute atomic E-state index is 11.9. The first-order valence-electron chi connectivity index (χ1n) is 6.91. The van der Waals surface area contributed by atoms with Crippen molar-refractivity contribution < 1.29 is 39.4 Å². The lowest BCUT2D eigenvalue weighted by molar-refractivity contribution is -0.288. The number of rotatable bonds is 9. The van der Waals surface area contributed by atoms with E-state index in [1.807, 2.05) is 0 Å². The Hall–Kier alpha value is -1.07. The Morgan fingerprint density at radius 2 is 1.95 bits per heavy atom. The predicted octanol–water partition coefficient (Wildman–Crippen LogP) is -2.88. The Morgan fingerprint density at radius 1 is 1.23 bits per heavy atom. The highest BCUT2D eigenvalue weighted by Gasteiger charge is 2.47. The molecule has 0 aliphatic carbocycles. The molecule has 1 rings (SSSR count). The van der Waals surface area contributed by atoms with Gasteiger partial charge in [0, 0.05) is 6.54 Å². The zero-order valence-corrected chi connectivity index (χ0v) is 12.1. The van der Waals surface area contributed by atoms with E-state index in [2.05, 4.69) is 11.9 Å². The van der Waals surface area contributed by atoms with Gasteiger partial charge >= 0.3 is 0 Å². The zero-order valence-electron chi connectivity index (χ0n) is 12.1. The number of ether oxygens (including phenoxy) is 3. The molecule has 22 heavy (non-hydrogen) atoms. The summed E-state index contributed by atoms with van der Waals surface area (Å²) in [6, 6.07) is 0. The second kappa shape index (κ2) is 9.85. The van der Waals surface area contributed by atoms with Crippen LogP contribution in [0, 0.1) is 0 Å². The smallest absolute Gasteiger partial charge is 0.252 e. The van der Waals surface area contributed by atoms with E-state index in [4.69, 9.17) is 19.3 Å². The number of nitrogens with one attached hydrogen (secondary N) is 1. The van der Waals surface area contributed by atoms with Gasteiger partial charge in [-0.2, -0.15) is 0 Å². The average Bonchev–Trinajstić information content (AvgIpc) is 2.51. The van der Waals surface area contributed by atoms with Crippen LogP contribution in [0.4, 0.5) is 0 Å². The Balaban J connectivity index is 2.51. The molecule has 1 aliphatic heterocycles. The van der Waals surface area contributed by atoms with E-state index >= 15 is 0 Å². The van der Waals surface area contributed by atoms with Crippen molar-refractivity contribution in [3.63, 3.8) is 0 Å². The lowest BCUT2D eigenvalue weighted by Gasteiger charge is -2.39. The minimum absolute atomic E-state index is 0.0495. The monoisotopic (exact) mass is 321 g/mol. The molecule has 0 unspecified atom stereocenters. The summed E-state index contributed by atoms with van der Waals surface area (Å²) in [5, 5.41) is 40.3. The van der Waals surface area contributed by atoms with E-state index in [-0.39, 0.29) is 33.0 Å². The van der Waals surface area contributed by atoms with Crippen LogP contribution in [0.25, 0.3) is 0 Å². The van der Waals surface area contributed by atoms with Gasteiger partial charge in [-0.25, -0.2) is 0 Å². The molecule has 0 radical (unpaired) electrons. The van der Waals surface area contributed by atoms with Gasteiger partial charge < -0.3 is 40.0 Å². The highest BCUT2D eigenvalue weighted by molar-refractivity contribution is 5.81. The molecule has 9 nitrogen and oxygen atoms in total. The van der Waals surface area contributed by atoms with Crippen molar-refractivity contribution in [1.29, 1.82) is 0 Å². The minimum Gasteiger partial charge on any atom is -0.394 e. The number of amides is 1. The molecule has 128 valence electrons. The molecule has 1 aliphatic rings. The fraction of sp³-hybridized carbons (Fsp3) is 0.769. The first-order valence-corrected chi connectivity index (χ1v) is 6.91. The van der Waals surface area contributed by atoms with Crippen LogP contribution < -0.4 is 5.32 Å². The molecule has 1 saturated heterocycles. The molecule has 0 aromatic carbocycles. The number of aliphatic hydroxyl groups excluding tert-OH is 4. The van der Waals surface area contributed by atoms with Crippen molar-refractivity contribution >= 4 is 5.91 Å². The molecule has 0 bridgehead atoms. The van der Waals surface area contributed by atoms with Gasteiger partial charge in [-0.05, 0) is 0 Å². The lowest BCUT2D eigenvalue weighted by Crippen LogP contribution is -2.62. The molecule has 5 N–H and O–H groups in total. The molecule has 5 atom stereocenters. The first kappa shape index (κ1) is 19.0. The van der Waals surface area contributed by atoms with Crippen LogP contribution in [0.3, 0.4) is 0 Å². The Labute approximate surface area is 128 Å². The summed E-state index contributed by atoms with van der Waals surface area (Å²) in [5.74, 6) is -0.668. The van der Waals surface area contributed by atoms with Gasteiger partial charge in [0.15, 0.2) is 12.4 Å². The summed E-state index contributed by atoms with van der Waals surface area (Å²) in [7, 11) is 0. The topological polar surface area (TPSA) is 138 Å². The minimum atomic E-state index is -1.59. The molecule has 0 aromatic heterocycles. The highest BCUT2D eigenvalue weighted by atomic mass is 16.7. The van der Waals surface area contributed by atoms with Gasteiger partial charge in [-0.1, -0.05) is 6.08 Å². The van der Waals surface area contributed by atoms with Crippen LogP contribution in [0.2, 0.25) is 0 Å². The SMILES string of the molecule is C=CCO[C@@H]1O[C@H](C(=O)NCCOCCO)[C@@H](O)[C@H](O)[C@H]1O. The molecule has 0 aromatic rings. The maximum atomic E-state index is 11.9. The number of carbonyl (C=O) groups excluding carboxylic acids is 1. The first-order chi connectivity index (χ1) is 10.5. The van der Waals surface area contributed by atoms with Gasteiger partial charge in [-0.3, -0.25) is 4.79 Å². The quantitative estimate of drug-likeness (QED) is 0.226. The third-order valence-electron chi connectivity index (χ3n) is 2.99. The Morgan fingerprint density at radius 3 is 2.59 bits per heavy atom. The molecular formula is C13H23NO8. The van der Waals surface area contributed by atoms with Gasteiger partial charge in [0.1, 0.15) is 18.3 Å². The number of carbonyl (C=O) groups is 1. The average molecular weight is 321 g/mol. The largest absolute Gasteiger partial charge is 0.394 e. The van der Waals surface area contributed by atoms with Crippen LogP contribution in [0.15, 0.2) is 12.7 Å². The van der Waals surface area contributed by atoms with Crippen LogP contribution in [-0.2, 0) is 19.0 Å².